The number of likely N-dealkylation sites (tertiary alicyclic amines) is 1. The highest BCUT2D eigenvalue weighted by Gasteiger charge is 2.30. The molecule has 0 amide bonds. The summed E-state index contributed by atoms with van der Waals surface area (Å²) in [5, 5.41) is 9.98. The Bertz CT molecular complexity index is 739. The average Bonchev–Trinajstić information content (AvgIpc) is 2.65. The molecule has 0 spiro atoms. The van der Waals surface area contributed by atoms with Crippen LogP contribution in [0.15, 0.2) is 48.5 Å². The summed E-state index contributed by atoms with van der Waals surface area (Å²) < 4.78 is 5.67. The van der Waals surface area contributed by atoms with Gasteiger partial charge in [-0.25, -0.2) is 0 Å². The average molecular weight is 374 g/mol. The number of halogens is 1. The molecule has 5 heteroatoms. The highest BCUT2D eigenvalue weighted by molar-refractivity contribution is 6.30. The van der Waals surface area contributed by atoms with E-state index in [1.807, 2.05) is 43.3 Å². The van der Waals surface area contributed by atoms with Crippen molar-refractivity contribution in [1.82, 2.24) is 4.90 Å². The number of hydrogen-bond donors (Lipinski definition) is 1. The monoisotopic (exact) mass is 373 g/mol. The SMILES string of the molecule is CCOc1cccc(C(c2ccc(Cl)cc2)N2CCC(C(=O)O)CC2)c1. The smallest absolute Gasteiger partial charge is 0.306 e. The fraction of sp³-hybridized carbons (Fsp3) is 0.381. The topological polar surface area (TPSA) is 49.8 Å². The zero-order valence-corrected chi connectivity index (χ0v) is 15.7. The zero-order chi connectivity index (χ0) is 18.5. The van der Waals surface area contributed by atoms with Crippen LogP contribution >= 0.6 is 11.6 Å². The van der Waals surface area contributed by atoms with Crippen LogP contribution < -0.4 is 4.74 Å². The first-order valence-corrected chi connectivity index (χ1v) is 9.41. The lowest BCUT2D eigenvalue weighted by atomic mass is 9.91. The van der Waals surface area contributed by atoms with E-state index in [0.29, 0.717) is 24.5 Å². The van der Waals surface area contributed by atoms with Gasteiger partial charge in [-0.05, 0) is 68.2 Å². The number of piperidine rings is 1. The number of hydrogen-bond acceptors (Lipinski definition) is 3. The molecule has 0 saturated carbocycles. The summed E-state index contributed by atoms with van der Waals surface area (Å²) in [5.41, 5.74) is 2.30. The molecule has 0 bridgehead atoms. The predicted octanol–water partition coefficient (Wildman–Crippen LogP) is 4.62. The number of carboxylic acids is 1. The molecule has 3 rings (SSSR count). The van der Waals surface area contributed by atoms with Gasteiger partial charge in [0.2, 0.25) is 0 Å². The molecule has 1 atom stereocenters. The van der Waals surface area contributed by atoms with Crippen LogP contribution in [0.5, 0.6) is 5.75 Å². The highest BCUT2D eigenvalue weighted by Crippen LogP contribution is 2.34. The largest absolute Gasteiger partial charge is 0.494 e. The minimum atomic E-state index is -0.689. The lowest BCUT2D eigenvalue weighted by Crippen LogP contribution is -2.39. The molecule has 1 fully saturated rings. The fourth-order valence-electron chi connectivity index (χ4n) is 3.60. The van der Waals surface area contributed by atoms with Gasteiger partial charge in [0, 0.05) is 5.02 Å². The van der Waals surface area contributed by atoms with E-state index in [2.05, 4.69) is 17.0 Å². The number of nitrogens with zero attached hydrogens (tertiary/aromatic N) is 1. The third-order valence-corrected chi connectivity index (χ3v) is 5.17. The van der Waals surface area contributed by atoms with Gasteiger partial charge in [0.05, 0.1) is 18.6 Å². The summed E-state index contributed by atoms with van der Waals surface area (Å²) >= 11 is 6.07. The second kappa shape index (κ2) is 8.56. The van der Waals surface area contributed by atoms with Crippen molar-refractivity contribution < 1.29 is 14.6 Å². The normalized spacial score (nSPS) is 17.0. The second-order valence-electron chi connectivity index (χ2n) is 6.61. The molecular weight excluding hydrogens is 350 g/mol. The molecule has 1 aliphatic heterocycles. The van der Waals surface area contributed by atoms with Gasteiger partial charge in [-0.15, -0.1) is 0 Å². The summed E-state index contributed by atoms with van der Waals surface area (Å²) in [6, 6.07) is 16.1. The number of aliphatic carboxylic acids is 1. The Hall–Kier alpha value is -2.04. The number of carboxylic acid groups (broad SMARTS) is 1. The molecule has 0 aliphatic carbocycles. The zero-order valence-electron chi connectivity index (χ0n) is 14.9. The maximum atomic E-state index is 11.3. The molecular formula is C21H24ClNO3. The number of ether oxygens (including phenoxy) is 1. The van der Waals surface area contributed by atoms with E-state index >= 15 is 0 Å². The molecule has 2 aromatic rings. The Morgan fingerprint density at radius 3 is 2.50 bits per heavy atom. The van der Waals surface area contributed by atoms with E-state index in [0.717, 1.165) is 30.0 Å². The molecule has 0 radical (unpaired) electrons. The molecule has 1 unspecified atom stereocenters. The summed E-state index contributed by atoms with van der Waals surface area (Å²) in [4.78, 5) is 13.6. The van der Waals surface area contributed by atoms with Gasteiger partial charge in [0.25, 0.3) is 0 Å². The first kappa shape index (κ1) is 18.7. The standard InChI is InChI=1S/C21H24ClNO3/c1-2-26-19-5-3-4-17(14-19)20(15-6-8-18(22)9-7-15)23-12-10-16(11-13-23)21(24)25/h3-9,14,16,20H,2,10-13H2,1H3,(H,24,25). The van der Waals surface area contributed by atoms with Gasteiger partial charge in [-0.3, -0.25) is 9.69 Å². The third-order valence-electron chi connectivity index (χ3n) is 4.91. The number of carbonyl (C=O) groups is 1. The number of benzene rings is 2. The summed E-state index contributed by atoms with van der Waals surface area (Å²) in [6.07, 6.45) is 1.34. The maximum Gasteiger partial charge on any atom is 0.306 e. The Labute approximate surface area is 159 Å². The van der Waals surface area contributed by atoms with Crippen molar-refractivity contribution in [1.29, 1.82) is 0 Å². The van der Waals surface area contributed by atoms with Crippen LogP contribution in [0, 0.1) is 5.92 Å². The van der Waals surface area contributed by atoms with Gasteiger partial charge >= 0.3 is 5.97 Å². The van der Waals surface area contributed by atoms with E-state index < -0.39 is 5.97 Å². The highest BCUT2D eigenvalue weighted by atomic mass is 35.5. The Morgan fingerprint density at radius 2 is 1.88 bits per heavy atom. The second-order valence-corrected chi connectivity index (χ2v) is 7.04. The van der Waals surface area contributed by atoms with Gasteiger partial charge in [-0.2, -0.15) is 0 Å². The molecule has 1 heterocycles. The molecule has 0 aromatic heterocycles. The Balaban J connectivity index is 1.91. The van der Waals surface area contributed by atoms with Crippen molar-refractivity contribution in [3.63, 3.8) is 0 Å². The molecule has 1 aliphatic rings. The maximum absolute atomic E-state index is 11.3. The Kier molecular flexibility index (Phi) is 6.17. The van der Waals surface area contributed by atoms with Crippen LogP contribution in [0.4, 0.5) is 0 Å². The van der Waals surface area contributed by atoms with Crippen LogP contribution in [0.2, 0.25) is 5.02 Å². The van der Waals surface area contributed by atoms with E-state index in [4.69, 9.17) is 16.3 Å². The van der Waals surface area contributed by atoms with Crippen LogP contribution in [0.3, 0.4) is 0 Å². The lowest BCUT2D eigenvalue weighted by molar-refractivity contribution is -0.143. The minimum absolute atomic E-state index is 0.0578. The summed E-state index contributed by atoms with van der Waals surface area (Å²) in [7, 11) is 0. The van der Waals surface area contributed by atoms with E-state index in [1.165, 1.54) is 0 Å². The van der Waals surface area contributed by atoms with E-state index in [-0.39, 0.29) is 12.0 Å². The van der Waals surface area contributed by atoms with Crippen molar-refractivity contribution in [2.24, 2.45) is 5.92 Å². The molecule has 1 saturated heterocycles. The van der Waals surface area contributed by atoms with Gasteiger partial charge in [0.15, 0.2) is 0 Å². The third kappa shape index (κ3) is 4.37. The summed E-state index contributed by atoms with van der Waals surface area (Å²) in [5.74, 6) is -0.0812. The molecule has 138 valence electrons. The number of rotatable bonds is 6. The van der Waals surface area contributed by atoms with Crippen molar-refractivity contribution >= 4 is 17.6 Å². The van der Waals surface area contributed by atoms with Crippen molar-refractivity contribution in [3.05, 3.63) is 64.7 Å². The quantitative estimate of drug-likeness (QED) is 0.802. The summed E-state index contributed by atoms with van der Waals surface area (Å²) in [6.45, 7) is 4.10. The molecule has 1 N–H and O–H groups in total. The first-order valence-electron chi connectivity index (χ1n) is 9.03. The lowest BCUT2D eigenvalue weighted by Gasteiger charge is -2.37. The van der Waals surface area contributed by atoms with Gasteiger partial charge < -0.3 is 9.84 Å². The first-order chi connectivity index (χ1) is 12.6. The fourth-order valence-corrected chi connectivity index (χ4v) is 3.73. The van der Waals surface area contributed by atoms with E-state index in [1.54, 1.807) is 0 Å². The minimum Gasteiger partial charge on any atom is -0.494 e. The van der Waals surface area contributed by atoms with Crippen LogP contribution in [0.25, 0.3) is 0 Å². The molecule has 4 nitrogen and oxygen atoms in total. The molecule has 26 heavy (non-hydrogen) atoms. The van der Waals surface area contributed by atoms with Crippen molar-refractivity contribution in [2.75, 3.05) is 19.7 Å². The Morgan fingerprint density at radius 1 is 1.19 bits per heavy atom. The van der Waals surface area contributed by atoms with E-state index in [9.17, 15) is 9.90 Å². The van der Waals surface area contributed by atoms with Gasteiger partial charge in [-0.1, -0.05) is 35.9 Å². The predicted molar refractivity (Wildman–Crippen MR) is 103 cm³/mol. The molecule has 2 aromatic carbocycles. The van der Waals surface area contributed by atoms with Crippen LogP contribution in [0.1, 0.15) is 36.9 Å². The van der Waals surface area contributed by atoms with Crippen molar-refractivity contribution in [2.45, 2.75) is 25.8 Å². The van der Waals surface area contributed by atoms with Gasteiger partial charge in [0.1, 0.15) is 5.75 Å². The van der Waals surface area contributed by atoms with Crippen molar-refractivity contribution in [3.8, 4) is 5.75 Å². The van der Waals surface area contributed by atoms with Crippen LogP contribution in [-0.4, -0.2) is 35.7 Å². The van der Waals surface area contributed by atoms with Crippen LogP contribution in [-0.2, 0) is 4.79 Å².